The van der Waals surface area contributed by atoms with Gasteiger partial charge in [0.15, 0.2) is 17.2 Å². The Labute approximate surface area is 252 Å². The van der Waals surface area contributed by atoms with Gasteiger partial charge in [0, 0.05) is 56.1 Å². The van der Waals surface area contributed by atoms with Gasteiger partial charge < -0.3 is 15.4 Å². The smallest absolute Gasteiger partial charge is 0.272 e. The summed E-state index contributed by atoms with van der Waals surface area (Å²) in [7, 11) is 0. The number of anilines is 2. The van der Waals surface area contributed by atoms with E-state index < -0.39 is 10.9 Å². The molecule has 218 valence electrons. The molecule has 0 saturated carbocycles. The maximum Gasteiger partial charge on any atom is 0.272 e. The second-order valence-corrected chi connectivity index (χ2v) is 11.3. The summed E-state index contributed by atoms with van der Waals surface area (Å²) in [6, 6.07) is 26.5. The predicted molar refractivity (Wildman–Crippen MR) is 170 cm³/mol. The fraction of sp³-hybridized carbons (Fsp3) is 0.206. The Kier molecular flexibility index (Phi) is 6.23. The van der Waals surface area contributed by atoms with Gasteiger partial charge in [-0.1, -0.05) is 42.5 Å². The molecule has 0 bridgehead atoms. The number of hydrogen-bond donors (Lipinski definition) is 1. The zero-order chi connectivity index (χ0) is 29.8. The molecule has 0 amide bonds. The van der Waals surface area contributed by atoms with Crippen molar-refractivity contribution < 1.29 is 4.74 Å². The lowest BCUT2D eigenvalue weighted by Gasteiger charge is -2.41. The molecule has 1 saturated heterocycles. The number of hydrogen-bond acceptors (Lipinski definition) is 9. The lowest BCUT2D eigenvalue weighted by atomic mass is 10.1. The van der Waals surface area contributed by atoms with E-state index in [-0.39, 0.29) is 11.8 Å². The van der Waals surface area contributed by atoms with Gasteiger partial charge in [-0.05, 0) is 42.0 Å². The van der Waals surface area contributed by atoms with E-state index in [1.54, 1.807) is 6.20 Å². The molecular weight excluding hydrogens is 554 g/mol. The minimum atomic E-state index is -0.491. The standard InChI is InChI=1S/C34H29N7O3/c35-32-25(7-4-15-36-32)33-38-27-13-12-26(22-5-2-1-3-6-22)37-34(27)41(33)23-10-8-21(9-11-23)19-39-16-17-40-24(20-39)14-18-44-31-28(40)29(42)30(31)43/h1-13,15,24H,14,16-20H2,(H2,35,36). The van der Waals surface area contributed by atoms with Gasteiger partial charge in [-0.15, -0.1) is 0 Å². The van der Waals surface area contributed by atoms with Crippen molar-refractivity contribution in [3.05, 3.63) is 111 Å². The summed E-state index contributed by atoms with van der Waals surface area (Å²) in [4.78, 5) is 43.0. The van der Waals surface area contributed by atoms with Crippen LogP contribution in [0.2, 0.25) is 0 Å². The first-order valence-corrected chi connectivity index (χ1v) is 14.8. The molecule has 8 rings (SSSR count). The number of aromatic nitrogens is 4. The SMILES string of the molecule is Nc1ncccc1-c1nc2ccc(-c3ccccc3)nc2n1-c1ccc(CN2CCN3c4c(c(=O)c4=O)OCCC3C2)cc1. The van der Waals surface area contributed by atoms with Crippen molar-refractivity contribution in [1.82, 2.24) is 24.4 Å². The molecule has 5 heterocycles. The molecule has 1 unspecified atom stereocenters. The highest BCUT2D eigenvalue weighted by Gasteiger charge is 2.37. The zero-order valence-electron chi connectivity index (χ0n) is 23.9. The lowest BCUT2D eigenvalue weighted by Crippen LogP contribution is -2.55. The Hall–Kier alpha value is -5.35. The molecule has 3 aromatic carbocycles. The van der Waals surface area contributed by atoms with Crippen molar-refractivity contribution in [2.24, 2.45) is 0 Å². The second-order valence-electron chi connectivity index (χ2n) is 11.3. The van der Waals surface area contributed by atoms with Crippen LogP contribution in [-0.4, -0.2) is 56.7 Å². The van der Waals surface area contributed by atoms with E-state index in [0.717, 1.165) is 59.7 Å². The normalized spacial score (nSPS) is 16.8. The summed E-state index contributed by atoms with van der Waals surface area (Å²) >= 11 is 0. The molecule has 2 aliphatic rings. The molecule has 10 heteroatoms. The van der Waals surface area contributed by atoms with Gasteiger partial charge in [0.05, 0.1) is 17.9 Å². The van der Waals surface area contributed by atoms with Crippen LogP contribution in [0.15, 0.2) is 94.6 Å². The Morgan fingerprint density at radius 2 is 1.73 bits per heavy atom. The largest absolute Gasteiger partial charge is 0.487 e. The summed E-state index contributed by atoms with van der Waals surface area (Å²) in [5.41, 5.74) is 12.1. The molecule has 3 aromatic heterocycles. The van der Waals surface area contributed by atoms with Crippen LogP contribution in [0, 0.1) is 0 Å². The molecule has 1 fully saturated rings. The van der Waals surface area contributed by atoms with Gasteiger partial charge in [-0.2, -0.15) is 0 Å². The molecule has 0 radical (unpaired) electrons. The number of rotatable bonds is 5. The third-order valence-electron chi connectivity index (χ3n) is 8.65. The second kappa shape index (κ2) is 10.4. The van der Waals surface area contributed by atoms with E-state index >= 15 is 0 Å². The van der Waals surface area contributed by atoms with Gasteiger partial charge in [-0.25, -0.2) is 15.0 Å². The van der Waals surface area contributed by atoms with Crippen molar-refractivity contribution in [2.75, 3.05) is 36.9 Å². The third-order valence-corrected chi connectivity index (χ3v) is 8.65. The van der Waals surface area contributed by atoms with Crippen LogP contribution in [-0.2, 0) is 6.54 Å². The van der Waals surface area contributed by atoms with Crippen molar-refractivity contribution in [1.29, 1.82) is 0 Å². The Balaban J connectivity index is 1.11. The zero-order valence-corrected chi connectivity index (χ0v) is 23.9. The van der Waals surface area contributed by atoms with Gasteiger partial charge in [-0.3, -0.25) is 19.1 Å². The summed E-state index contributed by atoms with van der Waals surface area (Å²) in [6.07, 6.45) is 2.45. The van der Waals surface area contributed by atoms with Gasteiger partial charge in [0.1, 0.15) is 17.0 Å². The maximum absolute atomic E-state index is 12.2. The molecular formula is C34H29N7O3. The van der Waals surface area contributed by atoms with Crippen molar-refractivity contribution in [2.45, 2.75) is 19.0 Å². The highest BCUT2D eigenvalue weighted by molar-refractivity contribution is 5.84. The molecule has 0 aliphatic carbocycles. The van der Waals surface area contributed by atoms with Crippen LogP contribution >= 0.6 is 0 Å². The number of fused-ring (bicyclic) bond motifs is 4. The van der Waals surface area contributed by atoms with E-state index in [0.29, 0.717) is 30.5 Å². The van der Waals surface area contributed by atoms with Crippen LogP contribution in [0.1, 0.15) is 12.0 Å². The van der Waals surface area contributed by atoms with Crippen LogP contribution in [0.3, 0.4) is 0 Å². The summed E-state index contributed by atoms with van der Waals surface area (Å²) in [5.74, 6) is 1.34. The molecule has 10 nitrogen and oxygen atoms in total. The van der Waals surface area contributed by atoms with Crippen LogP contribution in [0.25, 0.3) is 39.5 Å². The van der Waals surface area contributed by atoms with Gasteiger partial charge in [0.2, 0.25) is 0 Å². The van der Waals surface area contributed by atoms with Crippen molar-refractivity contribution in [3.63, 3.8) is 0 Å². The molecule has 6 aromatic rings. The minimum Gasteiger partial charge on any atom is -0.487 e. The number of pyridine rings is 2. The predicted octanol–water partition coefficient (Wildman–Crippen LogP) is 3.80. The number of piperazine rings is 1. The van der Waals surface area contributed by atoms with E-state index in [1.165, 1.54) is 5.56 Å². The number of nitrogens with two attached hydrogens (primary N) is 1. The summed E-state index contributed by atoms with van der Waals surface area (Å²) in [5, 5.41) is 0. The van der Waals surface area contributed by atoms with Crippen LogP contribution in [0.4, 0.5) is 11.5 Å². The summed E-state index contributed by atoms with van der Waals surface area (Å²) in [6.45, 7) is 3.50. The number of nitrogens with zero attached hydrogens (tertiary/aromatic N) is 6. The molecule has 2 N–H and O–H groups in total. The average molecular weight is 584 g/mol. The van der Waals surface area contributed by atoms with E-state index in [1.807, 2.05) is 59.2 Å². The summed E-state index contributed by atoms with van der Waals surface area (Å²) < 4.78 is 7.66. The quantitative estimate of drug-likeness (QED) is 0.302. The monoisotopic (exact) mass is 583 g/mol. The van der Waals surface area contributed by atoms with E-state index in [9.17, 15) is 9.59 Å². The lowest BCUT2D eigenvalue weighted by molar-refractivity contribution is 0.202. The Morgan fingerprint density at radius 3 is 2.55 bits per heavy atom. The van der Waals surface area contributed by atoms with E-state index in [4.69, 9.17) is 20.4 Å². The highest BCUT2D eigenvalue weighted by atomic mass is 16.5. The van der Waals surface area contributed by atoms with E-state index in [2.05, 4.69) is 39.0 Å². The van der Waals surface area contributed by atoms with Gasteiger partial charge >= 0.3 is 0 Å². The van der Waals surface area contributed by atoms with Crippen molar-refractivity contribution >= 4 is 22.7 Å². The van der Waals surface area contributed by atoms with Crippen LogP contribution in [0.5, 0.6) is 5.75 Å². The first kappa shape index (κ1) is 26.3. The molecule has 2 aliphatic heterocycles. The van der Waals surface area contributed by atoms with Gasteiger partial charge in [0.25, 0.3) is 10.9 Å². The first-order valence-electron chi connectivity index (χ1n) is 14.8. The molecule has 44 heavy (non-hydrogen) atoms. The van der Waals surface area contributed by atoms with Crippen LogP contribution < -0.4 is 26.2 Å². The Bertz CT molecular complexity index is 2080. The number of benzene rings is 2. The Morgan fingerprint density at radius 1 is 0.886 bits per heavy atom. The fourth-order valence-electron chi connectivity index (χ4n) is 6.42. The number of imidazole rings is 1. The maximum atomic E-state index is 12.2. The molecule has 0 spiro atoms. The fourth-order valence-corrected chi connectivity index (χ4v) is 6.42. The topological polar surface area (TPSA) is 119 Å². The number of nitrogen functional groups attached to an aromatic ring is 1. The number of ether oxygens (including phenoxy) is 1. The highest BCUT2D eigenvalue weighted by Crippen LogP contribution is 2.33. The average Bonchev–Trinajstić information content (AvgIpc) is 3.34. The third kappa shape index (κ3) is 4.34. The van der Waals surface area contributed by atoms with Crippen molar-refractivity contribution in [3.8, 4) is 34.1 Å². The molecule has 1 atom stereocenters. The minimum absolute atomic E-state index is 0.141. The first-order chi connectivity index (χ1) is 21.5.